The molecule has 0 aliphatic carbocycles. The summed E-state index contributed by atoms with van der Waals surface area (Å²) in [6, 6.07) is 7.81. The first-order valence-electron chi connectivity index (χ1n) is 5.25. The lowest BCUT2D eigenvalue weighted by molar-refractivity contribution is 0.144. The molecule has 1 aromatic rings. The van der Waals surface area contributed by atoms with E-state index in [-0.39, 0.29) is 0 Å². The third-order valence-electron chi connectivity index (χ3n) is 1.98. The van der Waals surface area contributed by atoms with Crippen LogP contribution >= 0.6 is 0 Å². The van der Waals surface area contributed by atoms with Gasteiger partial charge < -0.3 is 10.1 Å². The Morgan fingerprint density at radius 1 is 1.27 bits per heavy atom. The lowest BCUT2D eigenvalue weighted by Gasteiger charge is -2.06. The molecule has 1 rings (SSSR count). The van der Waals surface area contributed by atoms with Gasteiger partial charge in [-0.15, -0.1) is 6.42 Å². The van der Waals surface area contributed by atoms with Crippen LogP contribution in [0.15, 0.2) is 24.3 Å². The molecule has 0 bridgehead atoms. The van der Waals surface area contributed by atoms with E-state index in [1.54, 1.807) is 0 Å². The molecule has 0 heterocycles. The number of hydrogen-bond donors (Lipinski definition) is 1. The van der Waals surface area contributed by atoms with Crippen LogP contribution in [0.3, 0.4) is 0 Å². The van der Waals surface area contributed by atoms with E-state index >= 15 is 0 Å². The molecule has 0 atom stereocenters. The van der Waals surface area contributed by atoms with E-state index in [1.807, 2.05) is 24.3 Å². The average Bonchev–Trinajstić information content (AvgIpc) is 2.30. The van der Waals surface area contributed by atoms with Gasteiger partial charge in [0.05, 0.1) is 6.61 Å². The molecule has 0 radical (unpaired) electrons. The topological polar surface area (TPSA) is 21.3 Å². The van der Waals surface area contributed by atoms with Crippen molar-refractivity contribution in [2.24, 2.45) is 0 Å². The smallest absolute Gasteiger partial charge is 0.0639 e. The third-order valence-corrected chi connectivity index (χ3v) is 1.98. The van der Waals surface area contributed by atoms with Crippen LogP contribution in [0.4, 0.5) is 5.69 Å². The number of ether oxygens (including phenoxy) is 1. The van der Waals surface area contributed by atoms with Gasteiger partial charge in [-0.1, -0.05) is 12.8 Å². The van der Waals surface area contributed by atoms with Crippen molar-refractivity contribution in [2.45, 2.75) is 13.3 Å². The summed E-state index contributed by atoms with van der Waals surface area (Å²) in [6.07, 6.45) is 6.33. The van der Waals surface area contributed by atoms with Gasteiger partial charge in [-0.05, 0) is 30.7 Å². The molecule has 0 amide bonds. The van der Waals surface area contributed by atoms with E-state index in [9.17, 15) is 0 Å². The van der Waals surface area contributed by atoms with Crippen LogP contribution in [0.1, 0.15) is 18.9 Å². The number of terminal acetylenes is 1. The summed E-state index contributed by atoms with van der Waals surface area (Å²) in [5.74, 6) is 2.59. The molecular formula is C13H17NO. The Morgan fingerprint density at radius 2 is 2.00 bits per heavy atom. The third kappa shape index (κ3) is 4.53. The molecule has 0 saturated carbocycles. The van der Waals surface area contributed by atoms with Crippen molar-refractivity contribution in [1.29, 1.82) is 0 Å². The fraction of sp³-hybridized carbons (Fsp3) is 0.385. The van der Waals surface area contributed by atoms with Crippen LogP contribution < -0.4 is 5.32 Å². The van der Waals surface area contributed by atoms with Crippen molar-refractivity contribution in [3.63, 3.8) is 0 Å². The molecule has 1 aromatic carbocycles. The lowest BCUT2D eigenvalue weighted by atomic mass is 10.2. The van der Waals surface area contributed by atoms with E-state index in [0.29, 0.717) is 0 Å². The van der Waals surface area contributed by atoms with Crippen molar-refractivity contribution in [1.82, 2.24) is 0 Å². The maximum absolute atomic E-state index is 5.35. The lowest BCUT2D eigenvalue weighted by Crippen LogP contribution is -2.09. The van der Waals surface area contributed by atoms with Gasteiger partial charge in [0.25, 0.3) is 0 Å². The van der Waals surface area contributed by atoms with E-state index < -0.39 is 0 Å². The maximum Gasteiger partial charge on any atom is 0.0639 e. The zero-order valence-corrected chi connectivity index (χ0v) is 9.12. The minimum absolute atomic E-state index is 0.741. The first-order chi connectivity index (χ1) is 7.36. The minimum Gasteiger partial charge on any atom is -0.383 e. The van der Waals surface area contributed by atoms with Gasteiger partial charge in [0, 0.05) is 24.4 Å². The van der Waals surface area contributed by atoms with Crippen molar-refractivity contribution in [3.05, 3.63) is 29.8 Å². The second-order valence-electron chi connectivity index (χ2n) is 3.26. The zero-order valence-electron chi connectivity index (χ0n) is 9.12. The normalized spacial score (nSPS) is 9.60. The van der Waals surface area contributed by atoms with Crippen LogP contribution in [0, 0.1) is 12.3 Å². The Kier molecular flexibility index (Phi) is 5.35. The average molecular weight is 203 g/mol. The van der Waals surface area contributed by atoms with Gasteiger partial charge in [-0.25, -0.2) is 0 Å². The highest BCUT2D eigenvalue weighted by Gasteiger charge is 1.91. The highest BCUT2D eigenvalue weighted by Crippen LogP contribution is 2.07. The van der Waals surface area contributed by atoms with Gasteiger partial charge in [0.15, 0.2) is 0 Å². The minimum atomic E-state index is 0.741. The van der Waals surface area contributed by atoms with E-state index in [2.05, 4.69) is 18.2 Å². The molecular weight excluding hydrogens is 186 g/mol. The summed E-state index contributed by atoms with van der Waals surface area (Å²) in [5.41, 5.74) is 1.98. The predicted octanol–water partition coefficient (Wildman–Crippen LogP) is 2.51. The molecule has 0 aliphatic heterocycles. The van der Waals surface area contributed by atoms with Crippen molar-refractivity contribution >= 4 is 5.69 Å². The highest BCUT2D eigenvalue weighted by molar-refractivity contribution is 5.47. The molecule has 2 nitrogen and oxygen atoms in total. The number of benzene rings is 1. The maximum atomic E-state index is 5.35. The number of hydrogen-bond acceptors (Lipinski definition) is 2. The molecule has 0 aromatic heterocycles. The quantitative estimate of drug-likeness (QED) is 0.566. The number of nitrogens with one attached hydrogen (secondary N) is 1. The predicted molar refractivity (Wildman–Crippen MR) is 64.0 cm³/mol. The number of anilines is 1. The molecule has 0 saturated heterocycles. The largest absolute Gasteiger partial charge is 0.383 e. The summed E-state index contributed by atoms with van der Waals surface area (Å²) in [6.45, 7) is 4.50. The SMILES string of the molecule is C#Cc1ccc(NCCOCCC)cc1. The first-order valence-corrected chi connectivity index (χ1v) is 5.25. The summed E-state index contributed by atoms with van der Waals surface area (Å²) >= 11 is 0. The van der Waals surface area contributed by atoms with Crippen molar-refractivity contribution in [2.75, 3.05) is 25.1 Å². The standard InChI is InChI=1S/C13H17NO/c1-3-10-15-11-9-14-13-7-5-12(4-2)6-8-13/h2,5-8,14H,3,9-11H2,1H3. The van der Waals surface area contributed by atoms with Gasteiger partial charge in [0.2, 0.25) is 0 Å². The molecule has 0 spiro atoms. The van der Waals surface area contributed by atoms with Crippen LogP contribution in [0.2, 0.25) is 0 Å². The van der Waals surface area contributed by atoms with Gasteiger partial charge in [-0.2, -0.15) is 0 Å². The fourth-order valence-electron chi connectivity index (χ4n) is 1.20. The summed E-state index contributed by atoms with van der Waals surface area (Å²) in [7, 11) is 0. The second kappa shape index (κ2) is 6.92. The molecule has 0 unspecified atom stereocenters. The van der Waals surface area contributed by atoms with Gasteiger partial charge in [-0.3, -0.25) is 0 Å². The van der Waals surface area contributed by atoms with E-state index in [0.717, 1.165) is 37.4 Å². The molecule has 0 fully saturated rings. The number of rotatable bonds is 6. The van der Waals surface area contributed by atoms with Crippen LogP contribution in [0.5, 0.6) is 0 Å². The summed E-state index contributed by atoms with van der Waals surface area (Å²) in [4.78, 5) is 0. The van der Waals surface area contributed by atoms with Crippen molar-refractivity contribution < 1.29 is 4.74 Å². The first kappa shape index (κ1) is 11.6. The van der Waals surface area contributed by atoms with Crippen LogP contribution in [-0.4, -0.2) is 19.8 Å². The zero-order chi connectivity index (χ0) is 10.9. The summed E-state index contributed by atoms with van der Waals surface area (Å²) in [5, 5.41) is 3.26. The molecule has 0 aliphatic rings. The Labute approximate surface area is 91.6 Å². The molecule has 1 N–H and O–H groups in total. The van der Waals surface area contributed by atoms with Crippen LogP contribution in [-0.2, 0) is 4.74 Å². The van der Waals surface area contributed by atoms with E-state index in [4.69, 9.17) is 11.2 Å². The Balaban J connectivity index is 2.23. The molecule has 2 heteroatoms. The van der Waals surface area contributed by atoms with Gasteiger partial charge in [0.1, 0.15) is 0 Å². The van der Waals surface area contributed by atoms with E-state index in [1.165, 1.54) is 0 Å². The monoisotopic (exact) mass is 203 g/mol. The van der Waals surface area contributed by atoms with Gasteiger partial charge >= 0.3 is 0 Å². The highest BCUT2D eigenvalue weighted by atomic mass is 16.5. The summed E-state index contributed by atoms with van der Waals surface area (Å²) < 4.78 is 5.35. The molecule has 15 heavy (non-hydrogen) atoms. The Morgan fingerprint density at radius 3 is 2.60 bits per heavy atom. The Hall–Kier alpha value is -1.46. The van der Waals surface area contributed by atoms with Crippen molar-refractivity contribution in [3.8, 4) is 12.3 Å². The molecule has 80 valence electrons. The van der Waals surface area contributed by atoms with Crippen LogP contribution in [0.25, 0.3) is 0 Å². The Bertz CT molecular complexity index is 310. The fourth-order valence-corrected chi connectivity index (χ4v) is 1.20. The second-order valence-corrected chi connectivity index (χ2v) is 3.26.